The molecule has 8 heteroatoms. The molecule has 1 N–H and O–H groups in total. The molecule has 2 rings (SSSR count). The second kappa shape index (κ2) is 7.01. The lowest BCUT2D eigenvalue weighted by atomic mass is 10.1. The summed E-state index contributed by atoms with van der Waals surface area (Å²) in [4.78, 5) is 24.2. The SMILES string of the molecule is CN(C(=O)c1ccc([N+](=O)[O-])cc1Br)C1CCNC1.Cl. The maximum absolute atomic E-state index is 12.3. The Bertz CT molecular complexity index is 521. The van der Waals surface area contributed by atoms with Gasteiger partial charge in [-0.15, -0.1) is 12.4 Å². The predicted molar refractivity (Wildman–Crippen MR) is 81.4 cm³/mol. The summed E-state index contributed by atoms with van der Waals surface area (Å²) < 4.78 is 0.449. The standard InChI is InChI=1S/C12H14BrN3O3.ClH/c1-15(9-4-5-14-7-9)12(17)10-3-2-8(16(18)19)6-11(10)13;/h2-3,6,9,14H,4-5,7H2,1H3;1H. The van der Waals surface area contributed by atoms with E-state index in [1.807, 2.05) is 0 Å². The average Bonchev–Trinajstić information content (AvgIpc) is 2.90. The van der Waals surface area contributed by atoms with Crippen LogP contribution >= 0.6 is 28.3 Å². The summed E-state index contributed by atoms with van der Waals surface area (Å²) in [5, 5.41) is 13.9. The van der Waals surface area contributed by atoms with Crippen molar-refractivity contribution in [2.24, 2.45) is 0 Å². The first-order valence-corrected chi connectivity index (χ1v) is 6.72. The van der Waals surface area contributed by atoms with Crippen LogP contribution in [0.1, 0.15) is 16.8 Å². The van der Waals surface area contributed by atoms with E-state index in [0.29, 0.717) is 10.0 Å². The first kappa shape index (κ1) is 16.9. The Morgan fingerprint density at radius 3 is 2.75 bits per heavy atom. The number of non-ortho nitro benzene ring substituents is 1. The number of halogens is 2. The van der Waals surface area contributed by atoms with Crippen LogP contribution in [0.2, 0.25) is 0 Å². The molecule has 1 amide bonds. The summed E-state index contributed by atoms with van der Waals surface area (Å²) in [6.45, 7) is 1.69. The van der Waals surface area contributed by atoms with E-state index in [0.717, 1.165) is 19.5 Å². The van der Waals surface area contributed by atoms with E-state index in [-0.39, 0.29) is 30.0 Å². The molecule has 1 aromatic rings. The minimum absolute atomic E-state index is 0. The molecular weight excluding hydrogens is 350 g/mol. The summed E-state index contributed by atoms with van der Waals surface area (Å²) in [7, 11) is 1.76. The quantitative estimate of drug-likeness (QED) is 0.659. The van der Waals surface area contributed by atoms with Gasteiger partial charge >= 0.3 is 0 Å². The van der Waals surface area contributed by atoms with E-state index in [1.165, 1.54) is 18.2 Å². The first-order chi connectivity index (χ1) is 9.00. The molecule has 0 spiro atoms. The molecule has 1 fully saturated rings. The van der Waals surface area contributed by atoms with E-state index in [2.05, 4.69) is 21.2 Å². The zero-order valence-electron chi connectivity index (χ0n) is 10.8. The van der Waals surface area contributed by atoms with Crippen molar-refractivity contribution < 1.29 is 9.72 Å². The number of amides is 1. The monoisotopic (exact) mass is 363 g/mol. The highest BCUT2D eigenvalue weighted by Gasteiger charge is 2.25. The molecule has 0 bridgehead atoms. The summed E-state index contributed by atoms with van der Waals surface area (Å²) in [6, 6.07) is 4.37. The fourth-order valence-corrected chi connectivity index (χ4v) is 2.65. The minimum atomic E-state index is -0.483. The number of hydrogen-bond acceptors (Lipinski definition) is 4. The van der Waals surface area contributed by atoms with Gasteiger partial charge in [0.15, 0.2) is 0 Å². The molecule has 0 radical (unpaired) electrons. The van der Waals surface area contributed by atoms with E-state index in [1.54, 1.807) is 11.9 Å². The van der Waals surface area contributed by atoms with Gasteiger partial charge in [-0.25, -0.2) is 0 Å². The number of hydrogen-bond donors (Lipinski definition) is 1. The van der Waals surface area contributed by atoms with Crippen molar-refractivity contribution in [1.82, 2.24) is 10.2 Å². The van der Waals surface area contributed by atoms with Gasteiger partial charge in [0.1, 0.15) is 0 Å². The van der Waals surface area contributed by atoms with Gasteiger partial charge in [0.2, 0.25) is 0 Å². The Labute approximate surface area is 131 Å². The fraction of sp³-hybridized carbons (Fsp3) is 0.417. The number of carbonyl (C=O) groups is 1. The van der Waals surface area contributed by atoms with Crippen molar-refractivity contribution in [1.29, 1.82) is 0 Å². The van der Waals surface area contributed by atoms with Gasteiger partial charge in [-0.05, 0) is 35.0 Å². The summed E-state index contributed by atoms with van der Waals surface area (Å²) in [5.41, 5.74) is 0.411. The van der Waals surface area contributed by atoms with Crippen LogP contribution in [0, 0.1) is 10.1 Å². The molecule has 1 aliphatic rings. The Hall–Kier alpha value is -1.18. The van der Waals surface area contributed by atoms with Crippen molar-refractivity contribution in [3.8, 4) is 0 Å². The summed E-state index contributed by atoms with van der Waals surface area (Å²) in [5.74, 6) is -0.129. The lowest BCUT2D eigenvalue weighted by Gasteiger charge is -2.24. The Balaban J connectivity index is 0.00000200. The maximum Gasteiger partial charge on any atom is 0.270 e. The molecule has 6 nitrogen and oxygen atoms in total. The van der Waals surface area contributed by atoms with Crippen LogP contribution in [0.4, 0.5) is 5.69 Å². The summed E-state index contributed by atoms with van der Waals surface area (Å²) >= 11 is 3.23. The zero-order valence-corrected chi connectivity index (χ0v) is 13.2. The number of likely N-dealkylation sites (N-methyl/N-ethyl adjacent to an activating group) is 1. The van der Waals surface area contributed by atoms with Crippen molar-refractivity contribution in [2.45, 2.75) is 12.5 Å². The van der Waals surface area contributed by atoms with Crippen LogP contribution in [0.3, 0.4) is 0 Å². The van der Waals surface area contributed by atoms with E-state index >= 15 is 0 Å². The molecule has 110 valence electrons. The molecule has 1 unspecified atom stereocenters. The lowest BCUT2D eigenvalue weighted by Crippen LogP contribution is -2.38. The van der Waals surface area contributed by atoms with Crippen LogP contribution in [0.15, 0.2) is 22.7 Å². The molecule has 0 aromatic heterocycles. The normalized spacial score (nSPS) is 17.4. The number of carbonyl (C=O) groups excluding carboxylic acids is 1. The number of nitro groups is 1. The van der Waals surface area contributed by atoms with Crippen LogP contribution in [0.5, 0.6) is 0 Å². The van der Waals surface area contributed by atoms with Crippen molar-refractivity contribution in [2.75, 3.05) is 20.1 Å². The maximum atomic E-state index is 12.3. The smallest absolute Gasteiger partial charge is 0.270 e. The Morgan fingerprint density at radius 2 is 2.25 bits per heavy atom. The largest absolute Gasteiger partial charge is 0.337 e. The van der Waals surface area contributed by atoms with Crippen LogP contribution < -0.4 is 5.32 Å². The third kappa shape index (κ3) is 3.47. The molecule has 1 saturated heterocycles. The van der Waals surface area contributed by atoms with Gasteiger partial charge < -0.3 is 10.2 Å². The fourth-order valence-electron chi connectivity index (χ4n) is 2.12. The van der Waals surface area contributed by atoms with Gasteiger partial charge in [-0.1, -0.05) is 0 Å². The Kier molecular flexibility index (Phi) is 5.91. The molecule has 1 atom stereocenters. The molecule has 0 saturated carbocycles. The molecule has 1 heterocycles. The molecule has 0 aliphatic carbocycles. The van der Waals surface area contributed by atoms with Crippen LogP contribution in [0.25, 0.3) is 0 Å². The molecular formula is C12H15BrClN3O3. The highest BCUT2D eigenvalue weighted by molar-refractivity contribution is 9.10. The second-order valence-corrected chi connectivity index (χ2v) is 5.34. The predicted octanol–water partition coefficient (Wildman–Crippen LogP) is 2.21. The summed E-state index contributed by atoms with van der Waals surface area (Å²) in [6.07, 6.45) is 0.923. The topological polar surface area (TPSA) is 75.5 Å². The van der Waals surface area contributed by atoms with E-state index in [4.69, 9.17) is 0 Å². The third-order valence-corrected chi connectivity index (χ3v) is 3.95. The number of benzene rings is 1. The van der Waals surface area contributed by atoms with Crippen LogP contribution in [-0.4, -0.2) is 41.9 Å². The lowest BCUT2D eigenvalue weighted by molar-refractivity contribution is -0.384. The average molecular weight is 365 g/mol. The van der Waals surface area contributed by atoms with Crippen molar-refractivity contribution in [3.05, 3.63) is 38.3 Å². The first-order valence-electron chi connectivity index (χ1n) is 5.92. The highest BCUT2D eigenvalue weighted by atomic mass is 79.9. The van der Waals surface area contributed by atoms with E-state index in [9.17, 15) is 14.9 Å². The number of nitrogens with zero attached hydrogens (tertiary/aromatic N) is 2. The van der Waals surface area contributed by atoms with Gasteiger partial charge in [0, 0.05) is 36.2 Å². The van der Waals surface area contributed by atoms with Gasteiger partial charge in [0.25, 0.3) is 11.6 Å². The van der Waals surface area contributed by atoms with Crippen LogP contribution in [-0.2, 0) is 0 Å². The van der Waals surface area contributed by atoms with Gasteiger partial charge in [0.05, 0.1) is 10.5 Å². The molecule has 20 heavy (non-hydrogen) atoms. The minimum Gasteiger partial charge on any atom is -0.337 e. The van der Waals surface area contributed by atoms with Crippen molar-refractivity contribution in [3.63, 3.8) is 0 Å². The highest BCUT2D eigenvalue weighted by Crippen LogP contribution is 2.24. The zero-order chi connectivity index (χ0) is 14.0. The van der Waals surface area contributed by atoms with E-state index < -0.39 is 4.92 Å². The Morgan fingerprint density at radius 1 is 1.55 bits per heavy atom. The number of rotatable bonds is 3. The van der Waals surface area contributed by atoms with Crippen molar-refractivity contribution >= 4 is 39.9 Å². The number of nitro benzene ring substituents is 1. The second-order valence-electron chi connectivity index (χ2n) is 4.48. The third-order valence-electron chi connectivity index (χ3n) is 3.30. The van der Waals surface area contributed by atoms with Gasteiger partial charge in [-0.3, -0.25) is 14.9 Å². The number of nitrogens with one attached hydrogen (secondary N) is 1. The van der Waals surface area contributed by atoms with Gasteiger partial charge in [-0.2, -0.15) is 0 Å². The molecule has 1 aromatic carbocycles. The molecule has 1 aliphatic heterocycles.